The number of hydrogen-bond donors (Lipinski definition) is 0. The van der Waals surface area contributed by atoms with Crippen molar-refractivity contribution in [2.24, 2.45) is 5.41 Å². The van der Waals surface area contributed by atoms with Crippen LogP contribution in [0, 0.1) is 5.41 Å². The summed E-state index contributed by atoms with van der Waals surface area (Å²) in [6.45, 7) is 7.22. The van der Waals surface area contributed by atoms with E-state index in [0.717, 1.165) is 10.9 Å². The van der Waals surface area contributed by atoms with E-state index >= 15 is 0 Å². The number of fused-ring (bicyclic) bond motifs is 1. The van der Waals surface area contributed by atoms with Gasteiger partial charge >= 0.3 is 0 Å². The lowest BCUT2D eigenvalue weighted by atomic mass is 9.91. The molecule has 1 aromatic carbocycles. The van der Waals surface area contributed by atoms with Gasteiger partial charge in [-0.05, 0) is 12.1 Å². The highest BCUT2D eigenvalue weighted by Gasteiger charge is 2.24. The van der Waals surface area contributed by atoms with E-state index in [2.05, 4.69) is 5.10 Å². The molecule has 154 valence electrons. The summed E-state index contributed by atoms with van der Waals surface area (Å²) in [6, 6.07) is 5.38. The highest BCUT2D eigenvalue weighted by atomic mass is 16.5. The van der Waals surface area contributed by atoms with Crippen LogP contribution in [-0.2, 0) is 11.3 Å². The molecule has 0 saturated heterocycles. The van der Waals surface area contributed by atoms with E-state index in [0.29, 0.717) is 11.4 Å². The lowest BCUT2D eigenvalue weighted by molar-refractivity contribution is -0.127. The first-order valence-electron chi connectivity index (χ1n) is 10.3. The predicted molar refractivity (Wildman–Crippen MR) is 113 cm³/mol. The number of ketones is 2. The monoisotopic (exact) mass is 386 g/mol. The van der Waals surface area contributed by atoms with E-state index < -0.39 is 5.41 Å². The summed E-state index contributed by atoms with van der Waals surface area (Å²) in [7, 11) is 1.58. The predicted octanol–water partition coefficient (Wildman–Crippen LogP) is 5.59. The number of hydrogen-bond acceptors (Lipinski definition) is 4. The number of methoxy groups -OCH3 is 1. The lowest BCUT2D eigenvalue weighted by Gasteiger charge is -2.16. The minimum Gasteiger partial charge on any atom is -0.497 e. The maximum atomic E-state index is 12.2. The topological polar surface area (TPSA) is 61.2 Å². The fourth-order valence-corrected chi connectivity index (χ4v) is 3.27. The molecule has 0 bridgehead atoms. The van der Waals surface area contributed by atoms with Crippen LogP contribution in [0.2, 0.25) is 0 Å². The Morgan fingerprint density at radius 2 is 1.57 bits per heavy atom. The van der Waals surface area contributed by atoms with Crippen LogP contribution in [-0.4, -0.2) is 28.5 Å². The van der Waals surface area contributed by atoms with Crippen molar-refractivity contribution in [3.05, 3.63) is 23.9 Å². The van der Waals surface area contributed by atoms with Crippen molar-refractivity contribution in [1.82, 2.24) is 9.78 Å². The number of aromatic nitrogens is 2. The highest BCUT2D eigenvalue weighted by molar-refractivity contribution is 6.05. The zero-order valence-electron chi connectivity index (χ0n) is 18.0. The van der Waals surface area contributed by atoms with Crippen molar-refractivity contribution in [3.63, 3.8) is 0 Å². The standard InChI is InChI=1S/C16H20N2O3.C7H14/c1-10(19)15-12-7-6-11(21-5)8-13(12)18(17-15)9-14(20)16(2,3)4;1-2-4-6-7-5-3-1/h6-8H,9H2,1-5H3;1-7H2. The molecule has 5 nitrogen and oxygen atoms in total. The van der Waals surface area contributed by atoms with Crippen LogP contribution in [0.15, 0.2) is 18.2 Å². The molecule has 0 atom stereocenters. The number of carbonyl (C=O) groups is 2. The van der Waals surface area contributed by atoms with Crippen LogP contribution >= 0.6 is 0 Å². The fourth-order valence-electron chi connectivity index (χ4n) is 3.27. The molecule has 0 radical (unpaired) electrons. The average Bonchev–Trinajstić information content (AvgIpc) is 2.82. The number of rotatable bonds is 4. The minimum absolute atomic E-state index is 0.0600. The van der Waals surface area contributed by atoms with Crippen LogP contribution < -0.4 is 4.74 Å². The van der Waals surface area contributed by atoms with Gasteiger partial charge in [-0.1, -0.05) is 65.7 Å². The SMILES string of the molecule is C1CCCCCC1.COc1ccc2c(C(C)=O)nn(CC(=O)C(C)(C)C)c2c1. The average molecular weight is 387 g/mol. The Kier molecular flexibility index (Phi) is 7.78. The Bertz CT molecular complexity index is 795. The van der Waals surface area contributed by atoms with E-state index in [9.17, 15) is 9.59 Å². The number of carbonyl (C=O) groups excluding carboxylic acids is 2. The van der Waals surface area contributed by atoms with Crippen LogP contribution in [0.4, 0.5) is 0 Å². The van der Waals surface area contributed by atoms with E-state index in [1.54, 1.807) is 30.0 Å². The zero-order valence-corrected chi connectivity index (χ0v) is 18.0. The summed E-state index contributed by atoms with van der Waals surface area (Å²) in [5.74, 6) is 0.610. The minimum atomic E-state index is -0.451. The van der Waals surface area contributed by atoms with E-state index in [1.807, 2.05) is 20.8 Å². The number of Topliss-reactive ketones (excluding diaryl/α,β-unsaturated/α-hetero) is 2. The molecule has 5 heteroatoms. The molecule has 1 aliphatic rings. The molecule has 0 unspecified atom stereocenters. The second kappa shape index (κ2) is 9.85. The normalized spacial score (nSPS) is 14.8. The second-order valence-corrected chi connectivity index (χ2v) is 8.59. The van der Waals surface area contributed by atoms with Gasteiger partial charge < -0.3 is 4.74 Å². The molecule has 1 aromatic heterocycles. The van der Waals surface area contributed by atoms with Crippen LogP contribution in [0.3, 0.4) is 0 Å². The molecule has 0 spiro atoms. The molecule has 1 heterocycles. The molecule has 1 aliphatic carbocycles. The summed E-state index contributed by atoms with van der Waals surface area (Å²) < 4.78 is 6.79. The van der Waals surface area contributed by atoms with Crippen LogP contribution in [0.5, 0.6) is 5.75 Å². The van der Waals surface area contributed by atoms with Crippen molar-refractivity contribution in [1.29, 1.82) is 0 Å². The van der Waals surface area contributed by atoms with Gasteiger partial charge in [-0.15, -0.1) is 0 Å². The van der Waals surface area contributed by atoms with Gasteiger partial charge in [0.15, 0.2) is 11.6 Å². The van der Waals surface area contributed by atoms with Crippen LogP contribution in [0.1, 0.15) is 83.1 Å². The van der Waals surface area contributed by atoms with Gasteiger partial charge in [0.1, 0.15) is 18.0 Å². The third kappa shape index (κ3) is 5.91. The molecule has 2 aromatic rings. The summed E-state index contributed by atoms with van der Waals surface area (Å²) in [5, 5.41) is 5.05. The maximum absolute atomic E-state index is 12.2. The van der Waals surface area contributed by atoms with Gasteiger partial charge in [-0.2, -0.15) is 5.10 Å². The quantitative estimate of drug-likeness (QED) is 0.507. The van der Waals surface area contributed by atoms with Gasteiger partial charge in [0.25, 0.3) is 0 Å². The molecule has 0 amide bonds. The third-order valence-corrected chi connectivity index (χ3v) is 5.17. The summed E-state index contributed by atoms with van der Waals surface area (Å²) >= 11 is 0. The maximum Gasteiger partial charge on any atom is 0.180 e. The molecule has 0 N–H and O–H groups in total. The van der Waals surface area contributed by atoms with Gasteiger partial charge in [0.05, 0.1) is 12.6 Å². The summed E-state index contributed by atoms with van der Waals surface area (Å²) in [4.78, 5) is 24.0. The first kappa shape index (κ1) is 22.1. The van der Waals surface area contributed by atoms with Gasteiger partial charge in [0.2, 0.25) is 0 Å². The van der Waals surface area contributed by atoms with E-state index in [1.165, 1.54) is 51.9 Å². The van der Waals surface area contributed by atoms with E-state index in [4.69, 9.17) is 4.74 Å². The molecule has 0 aliphatic heterocycles. The summed E-state index contributed by atoms with van der Waals surface area (Å²) in [5.41, 5.74) is 0.666. The van der Waals surface area contributed by atoms with Crippen molar-refractivity contribution < 1.29 is 14.3 Å². The molecular formula is C23H34N2O3. The number of ether oxygens (including phenoxy) is 1. The van der Waals surface area contributed by atoms with Crippen molar-refractivity contribution in [3.8, 4) is 5.75 Å². The summed E-state index contributed by atoms with van der Waals surface area (Å²) in [6.07, 6.45) is 10.5. The Balaban J connectivity index is 0.000000336. The fraction of sp³-hybridized carbons (Fsp3) is 0.609. The smallest absolute Gasteiger partial charge is 0.180 e. The zero-order chi connectivity index (χ0) is 20.7. The van der Waals surface area contributed by atoms with Gasteiger partial charge in [-0.25, -0.2) is 0 Å². The molecular weight excluding hydrogens is 352 g/mol. The molecule has 1 fully saturated rings. The van der Waals surface area contributed by atoms with Crippen molar-refractivity contribution in [2.45, 2.75) is 79.2 Å². The lowest BCUT2D eigenvalue weighted by Crippen LogP contribution is -2.25. The second-order valence-electron chi connectivity index (χ2n) is 8.59. The van der Waals surface area contributed by atoms with Crippen LogP contribution in [0.25, 0.3) is 10.9 Å². The van der Waals surface area contributed by atoms with Crippen molar-refractivity contribution >= 4 is 22.5 Å². The first-order chi connectivity index (χ1) is 13.2. The molecule has 3 rings (SSSR count). The van der Waals surface area contributed by atoms with Crippen molar-refractivity contribution in [2.75, 3.05) is 7.11 Å². The molecule has 1 saturated carbocycles. The Morgan fingerprint density at radius 1 is 1.04 bits per heavy atom. The number of nitrogens with zero attached hydrogens (tertiary/aromatic N) is 2. The number of benzene rings is 1. The molecule has 28 heavy (non-hydrogen) atoms. The third-order valence-electron chi connectivity index (χ3n) is 5.17. The van der Waals surface area contributed by atoms with E-state index in [-0.39, 0.29) is 18.1 Å². The Morgan fingerprint density at radius 3 is 2.00 bits per heavy atom. The highest BCUT2D eigenvalue weighted by Crippen LogP contribution is 2.25. The first-order valence-corrected chi connectivity index (χ1v) is 10.3. The Hall–Kier alpha value is -2.17. The van der Waals surface area contributed by atoms with Gasteiger partial charge in [-0.3, -0.25) is 14.3 Å². The Labute approximate surface area is 168 Å². The largest absolute Gasteiger partial charge is 0.497 e. The van der Waals surface area contributed by atoms with Gasteiger partial charge in [0, 0.05) is 23.8 Å².